The molecule has 0 aliphatic carbocycles. The van der Waals surface area contributed by atoms with Crippen LogP contribution in [0.1, 0.15) is 60.7 Å². The number of nitrogens with zero attached hydrogens (tertiary/aromatic N) is 2. The predicted octanol–water partition coefficient (Wildman–Crippen LogP) is 8.03. The zero-order valence-electron chi connectivity index (χ0n) is 26.8. The van der Waals surface area contributed by atoms with Gasteiger partial charge >= 0.3 is 0 Å². The Labute approximate surface area is 278 Å². The van der Waals surface area contributed by atoms with Gasteiger partial charge in [-0.15, -0.1) is 0 Å². The van der Waals surface area contributed by atoms with Gasteiger partial charge < -0.3 is 9.30 Å². The summed E-state index contributed by atoms with van der Waals surface area (Å²) in [4.78, 5) is 4.42. The quantitative estimate of drug-likeness (QED) is 0.0968. The Morgan fingerprint density at radius 1 is 0.696 bits per heavy atom. The maximum atomic E-state index is 6.12. The Morgan fingerprint density at radius 2 is 1.26 bits per heavy atom. The van der Waals surface area contributed by atoms with Crippen molar-refractivity contribution in [1.82, 2.24) is 9.55 Å². The van der Waals surface area contributed by atoms with Crippen LogP contribution in [0.2, 0.25) is 0 Å². The lowest BCUT2D eigenvalue weighted by Crippen LogP contribution is -2.46. The lowest BCUT2D eigenvalue weighted by atomic mass is 9.76. The average molecular weight is 619 g/mol. The first kappa shape index (κ1) is 32.8. The molecule has 0 saturated heterocycles. The van der Waals surface area contributed by atoms with E-state index in [1.165, 1.54) is 35.6 Å². The Balaban J connectivity index is 0.000000247. The molecule has 0 amide bonds. The molecule has 0 N–H and O–H groups in total. The minimum atomic E-state index is -0.885. The summed E-state index contributed by atoms with van der Waals surface area (Å²) in [5, 5.41) is 1.11. The van der Waals surface area contributed by atoms with Crippen LogP contribution in [-0.4, -0.2) is 33.5 Å². The molecule has 5 heteroatoms. The van der Waals surface area contributed by atoms with E-state index in [-0.39, 0.29) is 11.0 Å². The van der Waals surface area contributed by atoms with Crippen molar-refractivity contribution in [2.45, 2.75) is 43.6 Å². The number of rotatable bonds is 13. The van der Waals surface area contributed by atoms with Crippen molar-refractivity contribution >= 4 is 22.6 Å². The second-order valence-corrected chi connectivity index (χ2v) is 13.8. The molecule has 0 fully saturated rings. The van der Waals surface area contributed by atoms with E-state index in [0.717, 1.165) is 29.9 Å². The van der Waals surface area contributed by atoms with Crippen molar-refractivity contribution in [2.75, 3.05) is 6.61 Å². The number of ether oxygens (including phenoxy) is 1. The Kier molecular flexibility index (Phi) is 12.2. The third kappa shape index (κ3) is 8.55. The Morgan fingerprint density at radius 3 is 1.78 bits per heavy atom. The maximum Gasteiger partial charge on any atom is 0.119 e. The maximum absolute atomic E-state index is 6.12. The van der Waals surface area contributed by atoms with Crippen molar-refractivity contribution in [2.24, 2.45) is 0 Å². The summed E-state index contributed by atoms with van der Waals surface area (Å²) in [6.45, 7) is 3.02. The van der Waals surface area contributed by atoms with E-state index in [2.05, 4.69) is 132 Å². The molecule has 0 saturated carbocycles. The highest BCUT2D eigenvalue weighted by molar-refractivity contribution is 6.57. The van der Waals surface area contributed by atoms with Gasteiger partial charge in [0.1, 0.15) is 5.75 Å². The molecule has 6 rings (SSSR count). The topological polar surface area (TPSA) is 27.1 Å². The first-order valence-corrected chi connectivity index (χ1v) is 17.8. The first-order chi connectivity index (χ1) is 22.7. The fraction of sp³-hybridized carbons (Fsp3) is 0.195. The zero-order chi connectivity index (χ0) is 31.9. The van der Waals surface area contributed by atoms with E-state index >= 15 is 0 Å². The molecule has 46 heavy (non-hydrogen) atoms. The zero-order valence-corrected chi connectivity index (χ0v) is 28.2. The van der Waals surface area contributed by atoms with Crippen molar-refractivity contribution in [3.05, 3.63) is 187 Å². The van der Waals surface area contributed by atoms with Crippen molar-refractivity contribution in [3.63, 3.8) is 0 Å². The molecular weight excluding hydrogens is 575 g/mol. The van der Waals surface area contributed by atoms with Gasteiger partial charge in [0.2, 0.25) is 0 Å². The van der Waals surface area contributed by atoms with Crippen LogP contribution in [-0.2, 0) is 5.16 Å². The van der Waals surface area contributed by atoms with Crippen LogP contribution in [0.4, 0.5) is 0 Å². The average Bonchev–Trinajstić information content (AvgIpc) is 3.68. The number of benzene rings is 5. The summed E-state index contributed by atoms with van der Waals surface area (Å²) in [7, 11) is 5.23. The summed E-state index contributed by atoms with van der Waals surface area (Å²) in [6, 6.07) is 50.7. The van der Waals surface area contributed by atoms with Gasteiger partial charge in [-0.1, -0.05) is 165 Å². The van der Waals surface area contributed by atoms with Gasteiger partial charge in [-0.2, -0.15) is 0 Å². The molecule has 5 aromatic carbocycles. The Bertz CT molecular complexity index is 1600. The molecule has 6 aromatic rings. The van der Waals surface area contributed by atoms with Crippen LogP contribution in [0.15, 0.2) is 164 Å². The lowest BCUT2D eigenvalue weighted by Gasteiger charge is -2.37. The van der Waals surface area contributed by atoms with Crippen molar-refractivity contribution in [3.8, 4) is 5.75 Å². The molecule has 0 spiro atoms. The van der Waals surface area contributed by atoms with E-state index in [4.69, 9.17) is 12.6 Å². The van der Waals surface area contributed by atoms with E-state index in [0.29, 0.717) is 0 Å². The number of aromatic nitrogens is 2. The number of unbranched alkanes of at least 4 members (excludes halogenated alkanes) is 3. The molecule has 1 heterocycles. The molecule has 2 radical (unpaired) electrons. The highest BCUT2D eigenvalue weighted by Gasteiger charge is 2.36. The van der Waals surface area contributed by atoms with E-state index in [1.54, 1.807) is 0 Å². The normalized spacial score (nSPS) is 11.3. The van der Waals surface area contributed by atoms with Gasteiger partial charge in [0, 0.05) is 12.4 Å². The van der Waals surface area contributed by atoms with Crippen LogP contribution in [0, 0.1) is 0 Å². The molecule has 0 bridgehead atoms. The summed E-state index contributed by atoms with van der Waals surface area (Å²) in [5.74, 6) is 0.963. The minimum absolute atomic E-state index is 0.0163. The third-order valence-electron chi connectivity index (χ3n) is 8.39. The van der Waals surface area contributed by atoms with Crippen LogP contribution in [0.25, 0.3) is 0 Å². The van der Waals surface area contributed by atoms with Crippen LogP contribution < -0.4 is 9.92 Å². The summed E-state index contributed by atoms with van der Waals surface area (Å²) < 4.78 is 8.41. The molecule has 230 valence electrons. The number of hydrogen-bond acceptors (Lipinski definition) is 2. The van der Waals surface area contributed by atoms with Gasteiger partial charge in [0.15, 0.2) is 0 Å². The summed E-state index contributed by atoms with van der Waals surface area (Å²) in [6.07, 6.45) is 10.8. The van der Waals surface area contributed by atoms with E-state index < -0.39 is 9.52 Å². The monoisotopic (exact) mass is 618 g/mol. The van der Waals surface area contributed by atoms with Gasteiger partial charge in [-0.3, -0.25) is 0 Å². The fourth-order valence-corrected chi connectivity index (χ4v) is 8.34. The number of imidazole rings is 1. The van der Waals surface area contributed by atoms with Gasteiger partial charge in [0.05, 0.1) is 35.5 Å². The van der Waals surface area contributed by atoms with E-state index in [9.17, 15) is 0 Å². The molecule has 0 atom stereocenters. The van der Waals surface area contributed by atoms with Crippen LogP contribution >= 0.6 is 0 Å². The van der Waals surface area contributed by atoms with Crippen LogP contribution in [0.5, 0.6) is 5.75 Å². The standard InChI is InChI=1S/C28H32N2OSi.C13H11B/c1-2-3-4-11-21-31-26-17-12-18-27(22-26)32-28(30-20-19-29-23-30,24-13-7-5-8-14-24)25-15-9-6-10-16-25;14-13(11-7-3-1-4-8-11)12-9-5-2-6-10-12/h5-10,12-20,22-23H,2-4,11,21,32H2,1H3;1-10,13H. The van der Waals surface area contributed by atoms with E-state index in [1.807, 2.05) is 48.9 Å². The molecule has 0 unspecified atom stereocenters. The van der Waals surface area contributed by atoms with Gasteiger partial charge in [-0.25, -0.2) is 4.98 Å². The van der Waals surface area contributed by atoms with Gasteiger partial charge in [0.25, 0.3) is 0 Å². The highest BCUT2D eigenvalue weighted by atomic mass is 28.2. The van der Waals surface area contributed by atoms with Crippen LogP contribution in [0.3, 0.4) is 0 Å². The Hall–Kier alpha value is -4.61. The molecule has 0 aliphatic heterocycles. The third-order valence-corrected chi connectivity index (χ3v) is 10.9. The fourth-order valence-electron chi connectivity index (χ4n) is 5.95. The predicted molar refractivity (Wildman–Crippen MR) is 196 cm³/mol. The van der Waals surface area contributed by atoms with Crippen molar-refractivity contribution < 1.29 is 4.74 Å². The smallest absolute Gasteiger partial charge is 0.119 e. The summed E-state index contributed by atoms with van der Waals surface area (Å²) >= 11 is 0. The molecule has 1 aromatic heterocycles. The highest BCUT2D eigenvalue weighted by Crippen LogP contribution is 2.33. The SMILES string of the molecule is CCCCCCOc1cccc([SiH2]C(c2ccccc2)(c2ccccc2)n2ccnc2)c1.[B]C(c1ccccc1)c1ccccc1. The second kappa shape index (κ2) is 17.2. The summed E-state index contributed by atoms with van der Waals surface area (Å²) in [5.41, 5.74) is 4.89. The minimum Gasteiger partial charge on any atom is -0.494 e. The largest absolute Gasteiger partial charge is 0.494 e. The van der Waals surface area contributed by atoms with Crippen molar-refractivity contribution in [1.29, 1.82) is 0 Å². The second-order valence-electron chi connectivity index (χ2n) is 11.6. The molecule has 3 nitrogen and oxygen atoms in total. The lowest BCUT2D eigenvalue weighted by molar-refractivity contribution is 0.305. The van der Waals surface area contributed by atoms with Gasteiger partial charge in [-0.05, 0) is 46.6 Å². The molecule has 0 aliphatic rings. The molecular formula is C41H43BN2OSi. The first-order valence-electron chi connectivity index (χ1n) is 16.4. The number of hydrogen-bond donors (Lipinski definition) is 0.